The Hall–Kier alpha value is -2.15. The van der Waals surface area contributed by atoms with Gasteiger partial charge in [-0.05, 0) is 37.1 Å². The van der Waals surface area contributed by atoms with E-state index in [0.29, 0.717) is 18.1 Å². The molecule has 0 fully saturated rings. The van der Waals surface area contributed by atoms with E-state index in [4.69, 9.17) is 0 Å². The predicted molar refractivity (Wildman–Crippen MR) is 82.8 cm³/mol. The van der Waals surface area contributed by atoms with Crippen LogP contribution in [0.3, 0.4) is 0 Å². The molecule has 2 rings (SSSR count). The second-order valence-electron chi connectivity index (χ2n) is 4.63. The van der Waals surface area contributed by atoms with Crippen LogP contribution in [0.5, 0.6) is 0 Å². The molecule has 0 aromatic carbocycles. The number of hydrogen-bond donors (Lipinski definition) is 2. The summed E-state index contributed by atoms with van der Waals surface area (Å²) < 4.78 is 27.5. The number of anilines is 2. The number of hydrogen-bond acceptors (Lipinski definition) is 5. The van der Waals surface area contributed by atoms with Crippen LogP contribution in [0.1, 0.15) is 18.9 Å². The topological polar surface area (TPSA) is 84.0 Å². The van der Waals surface area contributed by atoms with E-state index >= 15 is 0 Å². The third kappa shape index (κ3) is 3.91. The number of rotatable bonds is 6. The Labute approximate surface area is 124 Å². The zero-order chi connectivity index (χ0) is 15.3. The Kier molecular flexibility index (Phi) is 4.74. The molecule has 0 radical (unpaired) electrons. The lowest BCUT2D eigenvalue weighted by molar-refractivity contribution is 0.601. The summed E-state index contributed by atoms with van der Waals surface area (Å²) in [5.74, 6) is 0.354. The Bertz CT molecular complexity index is 716. The summed E-state index contributed by atoms with van der Waals surface area (Å²) in [6.07, 6.45) is 5.58. The van der Waals surface area contributed by atoms with Crippen LogP contribution in [0.4, 0.5) is 11.5 Å². The molecule has 21 heavy (non-hydrogen) atoms. The maximum atomic E-state index is 12.5. The third-order valence-electron chi connectivity index (χ3n) is 2.73. The van der Waals surface area contributed by atoms with E-state index in [-0.39, 0.29) is 4.90 Å². The van der Waals surface area contributed by atoms with E-state index in [0.717, 1.165) is 12.0 Å². The Morgan fingerprint density at radius 3 is 2.81 bits per heavy atom. The molecule has 0 aliphatic heterocycles. The summed E-state index contributed by atoms with van der Waals surface area (Å²) >= 11 is 0. The van der Waals surface area contributed by atoms with Gasteiger partial charge in [-0.3, -0.25) is 9.71 Å². The van der Waals surface area contributed by atoms with Gasteiger partial charge in [0, 0.05) is 18.9 Å². The maximum absolute atomic E-state index is 12.5. The highest BCUT2D eigenvalue weighted by atomic mass is 32.2. The number of sulfonamides is 1. The zero-order valence-corrected chi connectivity index (χ0v) is 12.8. The first kappa shape index (κ1) is 15.2. The van der Waals surface area contributed by atoms with Gasteiger partial charge in [0.15, 0.2) is 0 Å². The van der Waals surface area contributed by atoms with E-state index < -0.39 is 10.0 Å². The summed E-state index contributed by atoms with van der Waals surface area (Å²) in [7, 11) is -3.71. The van der Waals surface area contributed by atoms with E-state index in [2.05, 4.69) is 20.0 Å². The lowest BCUT2D eigenvalue weighted by atomic mass is 10.3. The molecule has 2 heterocycles. The smallest absolute Gasteiger partial charge is 0.265 e. The van der Waals surface area contributed by atoms with Crippen molar-refractivity contribution in [3.8, 4) is 0 Å². The first-order chi connectivity index (χ1) is 10.0. The van der Waals surface area contributed by atoms with Gasteiger partial charge < -0.3 is 5.32 Å². The molecular weight excluding hydrogens is 288 g/mol. The van der Waals surface area contributed by atoms with E-state index in [1.54, 1.807) is 24.5 Å². The number of aryl methyl sites for hydroxylation is 1. The van der Waals surface area contributed by atoms with Crippen molar-refractivity contribution < 1.29 is 8.42 Å². The van der Waals surface area contributed by atoms with Crippen molar-refractivity contribution in [3.05, 3.63) is 42.4 Å². The molecule has 7 heteroatoms. The minimum Gasteiger partial charge on any atom is -0.369 e. The molecule has 0 amide bonds. The van der Waals surface area contributed by atoms with Crippen LogP contribution in [-0.2, 0) is 10.0 Å². The van der Waals surface area contributed by atoms with E-state index in [1.165, 1.54) is 12.3 Å². The minimum absolute atomic E-state index is 0.125. The molecule has 0 spiro atoms. The Morgan fingerprint density at radius 2 is 2.10 bits per heavy atom. The highest BCUT2D eigenvalue weighted by Gasteiger charge is 2.19. The van der Waals surface area contributed by atoms with Crippen molar-refractivity contribution in [2.24, 2.45) is 0 Å². The number of nitrogens with one attached hydrogen (secondary N) is 2. The third-order valence-corrected chi connectivity index (χ3v) is 4.14. The quantitative estimate of drug-likeness (QED) is 0.856. The van der Waals surface area contributed by atoms with Crippen molar-refractivity contribution in [1.82, 2.24) is 9.97 Å². The van der Waals surface area contributed by atoms with Crippen molar-refractivity contribution in [2.75, 3.05) is 16.6 Å². The molecule has 0 aliphatic rings. The molecule has 0 saturated heterocycles. The monoisotopic (exact) mass is 306 g/mol. The molecule has 0 bridgehead atoms. The Balaban J connectivity index is 2.31. The minimum atomic E-state index is -3.71. The largest absolute Gasteiger partial charge is 0.369 e. The number of pyridine rings is 2. The van der Waals surface area contributed by atoms with Crippen molar-refractivity contribution in [1.29, 1.82) is 0 Å². The molecule has 2 N–H and O–H groups in total. The van der Waals surface area contributed by atoms with Crippen LogP contribution < -0.4 is 10.0 Å². The molecule has 2 aromatic heterocycles. The van der Waals surface area contributed by atoms with Gasteiger partial charge >= 0.3 is 0 Å². The summed E-state index contributed by atoms with van der Waals surface area (Å²) in [4.78, 5) is 8.20. The molecule has 2 aromatic rings. The molecule has 6 nitrogen and oxygen atoms in total. The van der Waals surface area contributed by atoms with Crippen LogP contribution in [0.2, 0.25) is 0 Å². The summed E-state index contributed by atoms with van der Waals surface area (Å²) in [5, 5.41) is 3.02. The van der Waals surface area contributed by atoms with Crippen LogP contribution in [0, 0.1) is 6.92 Å². The average molecular weight is 306 g/mol. The molecule has 112 valence electrons. The van der Waals surface area contributed by atoms with Crippen molar-refractivity contribution in [2.45, 2.75) is 25.2 Å². The second kappa shape index (κ2) is 6.53. The molecule has 0 aliphatic carbocycles. The number of aromatic nitrogens is 2. The van der Waals surface area contributed by atoms with Gasteiger partial charge in [-0.2, -0.15) is 0 Å². The highest BCUT2D eigenvalue weighted by Crippen LogP contribution is 2.21. The summed E-state index contributed by atoms with van der Waals surface area (Å²) in [6, 6.07) is 4.84. The van der Waals surface area contributed by atoms with Crippen LogP contribution in [-0.4, -0.2) is 24.9 Å². The fourth-order valence-corrected chi connectivity index (χ4v) is 2.97. The van der Waals surface area contributed by atoms with Crippen LogP contribution in [0.25, 0.3) is 0 Å². The van der Waals surface area contributed by atoms with E-state index in [1.807, 2.05) is 13.8 Å². The zero-order valence-electron chi connectivity index (χ0n) is 12.0. The predicted octanol–water partition coefficient (Wildman–Crippen LogP) is 2.41. The fourth-order valence-electron chi connectivity index (χ4n) is 1.80. The van der Waals surface area contributed by atoms with Gasteiger partial charge in [0.1, 0.15) is 10.7 Å². The van der Waals surface area contributed by atoms with Crippen molar-refractivity contribution in [3.63, 3.8) is 0 Å². The van der Waals surface area contributed by atoms with E-state index in [9.17, 15) is 8.42 Å². The second-order valence-corrected chi connectivity index (χ2v) is 6.28. The standard InChI is InChI=1S/C14H18N4O2S/c1-3-6-16-14-13(5-4-7-17-14)21(19,20)18-12-8-11(2)9-15-10-12/h4-5,7-10,18H,3,6H2,1-2H3,(H,16,17). The van der Waals surface area contributed by atoms with Gasteiger partial charge in [-0.15, -0.1) is 0 Å². The molecule has 0 atom stereocenters. The Morgan fingerprint density at radius 1 is 1.29 bits per heavy atom. The normalized spacial score (nSPS) is 11.1. The summed E-state index contributed by atoms with van der Waals surface area (Å²) in [6.45, 7) is 4.51. The molecular formula is C14H18N4O2S. The maximum Gasteiger partial charge on any atom is 0.265 e. The van der Waals surface area contributed by atoms with Gasteiger partial charge in [-0.25, -0.2) is 13.4 Å². The lowest BCUT2D eigenvalue weighted by Gasteiger charge is -2.12. The van der Waals surface area contributed by atoms with Crippen LogP contribution >= 0.6 is 0 Å². The van der Waals surface area contributed by atoms with Gasteiger partial charge in [0.25, 0.3) is 10.0 Å². The highest BCUT2D eigenvalue weighted by molar-refractivity contribution is 7.92. The van der Waals surface area contributed by atoms with Crippen LogP contribution in [0.15, 0.2) is 41.7 Å². The lowest BCUT2D eigenvalue weighted by Crippen LogP contribution is -2.16. The van der Waals surface area contributed by atoms with Gasteiger partial charge in [0.2, 0.25) is 0 Å². The van der Waals surface area contributed by atoms with Gasteiger partial charge in [-0.1, -0.05) is 6.92 Å². The summed E-state index contributed by atoms with van der Waals surface area (Å²) in [5.41, 5.74) is 1.31. The number of nitrogens with zero attached hydrogens (tertiary/aromatic N) is 2. The first-order valence-electron chi connectivity index (χ1n) is 6.66. The van der Waals surface area contributed by atoms with Crippen molar-refractivity contribution >= 4 is 21.5 Å². The SMILES string of the molecule is CCCNc1ncccc1S(=O)(=O)Nc1cncc(C)c1. The first-order valence-corrected chi connectivity index (χ1v) is 8.14. The van der Waals surface area contributed by atoms with Gasteiger partial charge in [0.05, 0.1) is 11.9 Å². The average Bonchev–Trinajstić information content (AvgIpc) is 2.45. The molecule has 0 saturated carbocycles. The fraction of sp³-hybridized carbons (Fsp3) is 0.286. The molecule has 0 unspecified atom stereocenters.